The van der Waals surface area contributed by atoms with E-state index in [0.717, 1.165) is 29.2 Å². The van der Waals surface area contributed by atoms with Crippen LogP contribution in [0.2, 0.25) is 0 Å². The van der Waals surface area contributed by atoms with Crippen molar-refractivity contribution in [3.8, 4) is 0 Å². The van der Waals surface area contributed by atoms with Crippen LogP contribution in [-0.2, 0) is 0 Å². The molecule has 5 nitrogen and oxygen atoms in total. The first-order chi connectivity index (χ1) is 10.4. The lowest BCUT2D eigenvalue weighted by Gasteiger charge is -2.12. The Morgan fingerprint density at radius 3 is 2.76 bits per heavy atom. The molecule has 1 saturated carbocycles. The van der Waals surface area contributed by atoms with Crippen LogP contribution in [0.5, 0.6) is 0 Å². The number of nitrogens with zero attached hydrogens (tertiary/aromatic N) is 2. The number of hydrazine groups is 1. The fraction of sp³-hybridized carbons (Fsp3) is 0.500. The van der Waals surface area contributed by atoms with Gasteiger partial charge >= 0.3 is 0 Å². The third-order valence-corrected chi connectivity index (χ3v) is 4.29. The van der Waals surface area contributed by atoms with Crippen LogP contribution in [-0.4, -0.2) is 16.5 Å². The third-order valence-electron chi connectivity index (χ3n) is 4.29. The number of nitrogen functional groups attached to an aromatic ring is 1. The highest BCUT2D eigenvalue weighted by Gasteiger charge is 2.14. The Morgan fingerprint density at radius 1 is 1.14 bits per heavy atom. The number of hydrogen-bond donors (Lipinski definition) is 3. The molecule has 0 aliphatic heterocycles. The highest BCUT2D eigenvalue weighted by atomic mass is 15.3. The molecule has 0 saturated heterocycles. The molecule has 0 amide bonds. The number of aromatic nitrogens is 2. The van der Waals surface area contributed by atoms with E-state index in [1.165, 1.54) is 38.5 Å². The molecule has 0 atom stereocenters. The van der Waals surface area contributed by atoms with Crippen molar-refractivity contribution in [3.05, 3.63) is 24.3 Å². The van der Waals surface area contributed by atoms with Crippen molar-refractivity contribution in [2.75, 3.05) is 17.3 Å². The Balaban J connectivity index is 1.64. The minimum atomic E-state index is 0.451. The molecule has 1 aromatic heterocycles. The molecule has 1 aliphatic rings. The molecule has 1 aromatic carbocycles. The van der Waals surface area contributed by atoms with Crippen LogP contribution >= 0.6 is 0 Å². The summed E-state index contributed by atoms with van der Waals surface area (Å²) in [6, 6.07) is 7.99. The van der Waals surface area contributed by atoms with Crippen molar-refractivity contribution in [1.82, 2.24) is 9.97 Å². The third kappa shape index (κ3) is 3.42. The van der Waals surface area contributed by atoms with Gasteiger partial charge in [-0.05, 0) is 30.9 Å². The number of rotatable bonds is 6. The Kier molecular flexibility index (Phi) is 4.50. The van der Waals surface area contributed by atoms with Gasteiger partial charge in [0.1, 0.15) is 5.82 Å². The number of hydrogen-bond acceptors (Lipinski definition) is 5. The fourth-order valence-electron chi connectivity index (χ4n) is 3.17. The van der Waals surface area contributed by atoms with Crippen LogP contribution in [0, 0.1) is 5.92 Å². The van der Waals surface area contributed by atoms with Crippen molar-refractivity contribution in [2.24, 2.45) is 11.8 Å². The quantitative estimate of drug-likeness (QED) is 0.431. The number of fused-ring (bicyclic) bond motifs is 1. The van der Waals surface area contributed by atoms with Crippen LogP contribution < -0.4 is 16.6 Å². The SMILES string of the molecule is NNc1nc(NCCCC2CCCC2)c2ccccc2n1. The second-order valence-corrected chi connectivity index (χ2v) is 5.78. The average molecular weight is 285 g/mol. The first-order valence-corrected chi connectivity index (χ1v) is 7.84. The largest absolute Gasteiger partial charge is 0.369 e. The predicted octanol–water partition coefficient (Wildman–Crippen LogP) is 3.30. The molecule has 0 spiro atoms. The van der Waals surface area contributed by atoms with Gasteiger partial charge in [0.05, 0.1) is 5.52 Å². The van der Waals surface area contributed by atoms with Gasteiger partial charge in [0, 0.05) is 11.9 Å². The zero-order chi connectivity index (χ0) is 14.5. The van der Waals surface area contributed by atoms with Crippen LogP contribution in [0.3, 0.4) is 0 Å². The molecule has 2 aromatic rings. The van der Waals surface area contributed by atoms with Gasteiger partial charge in [0.15, 0.2) is 0 Å². The fourth-order valence-corrected chi connectivity index (χ4v) is 3.17. The van der Waals surface area contributed by atoms with E-state index in [1.807, 2.05) is 24.3 Å². The molecular weight excluding hydrogens is 262 g/mol. The second kappa shape index (κ2) is 6.72. The summed E-state index contributed by atoms with van der Waals surface area (Å²) >= 11 is 0. The van der Waals surface area contributed by atoms with Crippen LogP contribution in [0.1, 0.15) is 38.5 Å². The van der Waals surface area contributed by atoms with E-state index in [-0.39, 0.29) is 0 Å². The normalized spacial score (nSPS) is 15.5. The topological polar surface area (TPSA) is 75.9 Å². The molecule has 5 heteroatoms. The smallest absolute Gasteiger partial charge is 0.239 e. The molecule has 1 fully saturated rings. The van der Waals surface area contributed by atoms with E-state index in [2.05, 4.69) is 20.7 Å². The van der Waals surface area contributed by atoms with Gasteiger partial charge in [-0.15, -0.1) is 0 Å². The molecule has 0 bridgehead atoms. The minimum Gasteiger partial charge on any atom is -0.369 e. The first-order valence-electron chi connectivity index (χ1n) is 7.84. The van der Waals surface area contributed by atoms with Crippen molar-refractivity contribution in [3.63, 3.8) is 0 Å². The summed E-state index contributed by atoms with van der Waals surface area (Å²) in [7, 11) is 0. The number of para-hydroxylation sites is 1. The van der Waals surface area contributed by atoms with Gasteiger partial charge in [0.2, 0.25) is 5.95 Å². The lowest BCUT2D eigenvalue weighted by Crippen LogP contribution is -2.13. The average Bonchev–Trinajstić information content (AvgIpc) is 3.04. The number of anilines is 2. The predicted molar refractivity (Wildman–Crippen MR) is 87.0 cm³/mol. The van der Waals surface area contributed by atoms with E-state index in [4.69, 9.17) is 5.84 Å². The Labute approximate surface area is 125 Å². The van der Waals surface area contributed by atoms with Gasteiger partial charge in [-0.3, -0.25) is 5.43 Å². The first kappa shape index (κ1) is 14.1. The monoisotopic (exact) mass is 285 g/mol. The molecule has 3 rings (SSSR count). The Bertz CT molecular complexity index is 592. The van der Waals surface area contributed by atoms with Crippen LogP contribution in [0.25, 0.3) is 10.9 Å². The van der Waals surface area contributed by atoms with E-state index in [9.17, 15) is 0 Å². The summed E-state index contributed by atoms with van der Waals surface area (Å²) in [6.45, 7) is 0.946. The second-order valence-electron chi connectivity index (χ2n) is 5.78. The van der Waals surface area contributed by atoms with Gasteiger partial charge < -0.3 is 5.32 Å². The van der Waals surface area contributed by atoms with E-state index < -0.39 is 0 Å². The molecule has 1 heterocycles. The Morgan fingerprint density at radius 2 is 1.95 bits per heavy atom. The zero-order valence-electron chi connectivity index (χ0n) is 12.3. The summed E-state index contributed by atoms with van der Waals surface area (Å²) in [5.74, 6) is 7.70. The zero-order valence-corrected chi connectivity index (χ0v) is 12.3. The number of benzene rings is 1. The molecule has 4 N–H and O–H groups in total. The summed E-state index contributed by atoms with van der Waals surface area (Å²) in [5, 5.41) is 4.48. The van der Waals surface area contributed by atoms with E-state index in [0.29, 0.717) is 5.95 Å². The molecule has 112 valence electrons. The maximum Gasteiger partial charge on any atom is 0.239 e. The highest BCUT2D eigenvalue weighted by Crippen LogP contribution is 2.28. The lowest BCUT2D eigenvalue weighted by molar-refractivity contribution is 0.491. The van der Waals surface area contributed by atoms with Gasteiger partial charge in [-0.1, -0.05) is 37.8 Å². The molecular formula is C16H23N5. The van der Waals surface area contributed by atoms with Crippen LogP contribution in [0.15, 0.2) is 24.3 Å². The maximum absolute atomic E-state index is 5.44. The number of nitrogens with one attached hydrogen (secondary N) is 2. The molecule has 0 radical (unpaired) electrons. The Hall–Kier alpha value is -1.88. The summed E-state index contributed by atoms with van der Waals surface area (Å²) in [4.78, 5) is 8.79. The van der Waals surface area contributed by atoms with E-state index >= 15 is 0 Å². The van der Waals surface area contributed by atoms with Crippen molar-refractivity contribution in [1.29, 1.82) is 0 Å². The van der Waals surface area contributed by atoms with Gasteiger partial charge in [-0.25, -0.2) is 10.8 Å². The van der Waals surface area contributed by atoms with Crippen molar-refractivity contribution in [2.45, 2.75) is 38.5 Å². The molecule has 21 heavy (non-hydrogen) atoms. The summed E-state index contributed by atoms with van der Waals surface area (Å²) in [6.07, 6.45) is 8.17. The standard InChI is InChI=1S/C16H23N5/c17-21-16-19-14-10-4-3-9-13(14)15(20-16)18-11-5-8-12-6-1-2-7-12/h3-4,9-10,12H,1-2,5-8,11,17H2,(H2,18,19,20,21). The van der Waals surface area contributed by atoms with Gasteiger partial charge in [-0.2, -0.15) is 4.98 Å². The molecule has 1 aliphatic carbocycles. The van der Waals surface area contributed by atoms with E-state index in [1.54, 1.807) is 0 Å². The van der Waals surface area contributed by atoms with Crippen molar-refractivity contribution < 1.29 is 0 Å². The van der Waals surface area contributed by atoms with Gasteiger partial charge in [0.25, 0.3) is 0 Å². The number of nitrogens with two attached hydrogens (primary N) is 1. The minimum absolute atomic E-state index is 0.451. The summed E-state index contributed by atoms with van der Waals surface area (Å²) < 4.78 is 0. The van der Waals surface area contributed by atoms with Crippen molar-refractivity contribution >= 4 is 22.7 Å². The molecule has 0 unspecified atom stereocenters. The van der Waals surface area contributed by atoms with Crippen LogP contribution in [0.4, 0.5) is 11.8 Å². The summed E-state index contributed by atoms with van der Waals surface area (Å²) in [5.41, 5.74) is 3.43. The maximum atomic E-state index is 5.44. The lowest BCUT2D eigenvalue weighted by atomic mass is 10.0. The highest BCUT2D eigenvalue weighted by molar-refractivity contribution is 5.89.